The van der Waals surface area contributed by atoms with Crippen LogP contribution in [0.3, 0.4) is 0 Å². The molecule has 4 nitrogen and oxygen atoms in total. The van der Waals surface area contributed by atoms with Gasteiger partial charge in [-0.2, -0.15) is 4.21 Å². The molecule has 0 aromatic heterocycles. The first-order chi connectivity index (χ1) is 6.25. The first-order valence-electron chi connectivity index (χ1n) is 3.37. The van der Waals surface area contributed by atoms with Crippen LogP contribution in [0.2, 0.25) is 0 Å². The van der Waals surface area contributed by atoms with Crippen molar-refractivity contribution in [1.29, 1.82) is 0 Å². The van der Waals surface area contributed by atoms with E-state index in [1.807, 2.05) is 0 Å². The highest BCUT2D eigenvalue weighted by atomic mass is 32.2. The minimum absolute atomic E-state index is 0.0258. The molecule has 1 heterocycles. The molecule has 0 bridgehead atoms. The molecule has 1 aromatic rings. The largest absolute Gasteiger partial charge is 0.441 e. The van der Waals surface area contributed by atoms with Crippen LogP contribution < -0.4 is 0 Å². The number of benzene rings is 1. The Morgan fingerprint density at radius 2 is 2.31 bits per heavy atom. The van der Waals surface area contributed by atoms with E-state index in [1.54, 1.807) is 6.07 Å². The van der Waals surface area contributed by atoms with Gasteiger partial charge >= 0.3 is 11.4 Å². The number of oxime groups is 1. The smallest absolute Gasteiger partial charge is 0.345 e. The molecule has 1 aromatic carbocycles. The molecule has 2 rings (SSSR count). The fourth-order valence-electron chi connectivity index (χ4n) is 0.881. The molecule has 0 N–H and O–H groups in total. The summed E-state index contributed by atoms with van der Waals surface area (Å²) in [6.07, 6.45) is 0. The van der Waals surface area contributed by atoms with Gasteiger partial charge in [-0.15, -0.1) is 0 Å². The van der Waals surface area contributed by atoms with E-state index in [9.17, 15) is 8.60 Å². The molecule has 13 heavy (non-hydrogen) atoms. The van der Waals surface area contributed by atoms with Gasteiger partial charge in [0.25, 0.3) is 5.90 Å². The third-order valence-electron chi connectivity index (χ3n) is 1.40. The quantitative estimate of drug-likeness (QED) is 0.683. The van der Waals surface area contributed by atoms with E-state index < -0.39 is 17.2 Å². The molecule has 0 amide bonds. The highest BCUT2D eigenvalue weighted by Crippen LogP contribution is 2.12. The molecule has 0 fully saturated rings. The Hall–Kier alpha value is -1.43. The normalized spacial score (nSPS) is 20.4. The van der Waals surface area contributed by atoms with E-state index in [2.05, 4.69) is 13.6 Å². The molecule has 0 spiro atoms. The molecule has 1 atom stereocenters. The molecule has 0 radical (unpaired) electrons. The second-order valence-corrected chi connectivity index (χ2v) is 2.99. The van der Waals surface area contributed by atoms with Gasteiger partial charge < -0.3 is 4.18 Å². The number of hydrogen-bond acceptors (Lipinski definition) is 4. The fraction of sp³-hybridized carbons (Fsp3) is 0. The summed E-state index contributed by atoms with van der Waals surface area (Å²) in [7, 11) is 0. The summed E-state index contributed by atoms with van der Waals surface area (Å²) in [5.74, 6) is -0.390. The summed E-state index contributed by atoms with van der Waals surface area (Å²) in [4.78, 5) is 0. The third kappa shape index (κ3) is 1.67. The average molecular weight is 201 g/mol. The lowest BCUT2D eigenvalue weighted by Gasteiger charge is -1.95. The summed E-state index contributed by atoms with van der Waals surface area (Å²) in [5.41, 5.74) is 0.394. The van der Waals surface area contributed by atoms with Gasteiger partial charge in [0.2, 0.25) is 0 Å². The van der Waals surface area contributed by atoms with Crippen LogP contribution in [0, 0.1) is 5.82 Å². The zero-order valence-electron chi connectivity index (χ0n) is 6.27. The van der Waals surface area contributed by atoms with Crippen LogP contribution in [0.25, 0.3) is 0 Å². The SMILES string of the molecule is O=S1ON=C(c2cccc(F)c2)O1. The molecular weight excluding hydrogens is 197 g/mol. The Morgan fingerprint density at radius 3 is 2.92 bits per heavy atom. The minimum atomic E-state index is -1.89. The Kier molecular flexibility index (Phi) is 1.97. The molecule has 0 aliphatic carbocycles. The monoisotopic (exact) mass is 201 g/mol. The molecular formula is C7H4FNO3S. The maximum atomic E-state index is 12.7. The molecule has 6 heteroatoms. The number of nitrogens with zero attached hydrogens (tertiary/aromatic N) is 1. The predicted octanol–water partition coefficient (Wildman–Crippen LogP) is 1.11. The molecule has 1 aliphatic heterocycles. The summed E-state index contributed by atoms with van der Waals surface area (Å²) in [6, 6.07) is 5.58. The second kappa shape index (κ2) is 3.14. The summed E-state index contributed by atoms with van der Waals surface area (Å²) >= 11 is -1.89. The number of rotatable bonds is 1. The Bertz CT molecular complexity index is 393. The van der Waals surface area contributed by atoms with Gasteiger partial charge in [0.05, 0.1) is 0 Å². The van der Waals surface area contributed by atoms with Crippen LogP contribution in [0.5, 0.6) is 0 Å². The van der Waals surface area contributed by atoms with E-state index in [4.69, 9.17) is 0 Å². The van der Waals surface area contributed by atoms with Crippen LogP contribution in [-0.4, -0.2) is 10.1 Å². The van der Waals surface area contributed by atoms with Crippen molar-refractivity contribution in [3.8, 4) is 0 Å². The van der Waals surface area contributed by atoms with E-state index in [0.29, 0.717) is 5.56 Å². The van der Waals surface area contributed by atoms with E-state index in [0.717, 1.165) is 0 Å². The maximum Gasteiger partial charge on any atom is 0.441 e. The highest BCUT2D eigenvalue weighted by Gasteiger charge is 2.19. The standard InChI is InChI=1S/C7H4FNO3S/c8-6-3-1-2-5(4-6)7-9-12-13(10)11-7/h1-4H. The van der Waals surface area contributed by atoms with Crippen LogP contribution in [-0.2, 0) is 19.8 Å². The molecule has 1 unspecified atom stereocenters. The zero-order valence-corrected chi connectivity index (χ0v) is 7.08. The Balaban J connectivity index is 2.31. The van der Waals surface area contributed by atoms with Gasteiger partial charge in [0, 0.05) is 5.56 Å². The minimum Gasteiger partial charge on any atom is -0.345 e. The van der Waals surface area contributed by atoms with Crippen molar-refractivity contribution in [3.05, 3.63) is 35.6 Å². The van der Waals surface area contributed by atoms with Crippen molar-refractivity contribution in [2.24, 2.45) is 5.16 Å². The van der Waals surface area contributed by atoms with Crippen LogP contribution in [0.1, 0.15) is 5.56 Å². The van der Waals surface area contributed by atoms with Crippen molar-refractivity contribution >= 4 is 17.3 Å². The van der Waals surface area contributed by atoms with Gasteiger partial charge in [-0.25, -0.2) is 4.39 Å². The molecule has 68 valence electrons. The number of halogens is 1. The zero-order chi connectivity index (χ0) is 9.26. The Morgan fingerprint density at radius 1 is 1.46 bits per heavy atom. The van der Waals surface area contributed by atoms with Crippen LogP contribution in [0.15, 0.2) is 29.4 Å². The summed E-state index contributed by atoms with van der Waals surface area (Å²) < 4.78 is 32.2. The van der Waals surface area contributed by atoms with Crippen molar-refractivity contribution < 1.29 is 17.1 Å². The van der Waals surface area contributed by atoms with Crippen molar-refractivity contribution in [2.45, 2.75) is 0 Å². The van der Waals surface area contributed by atoms with E-state index in [1.165, 1.54) is 18.2 Å². The van der Waals surface area contributed by atoms with Crippen molar-refractivity contribution in [3.63, 3.8) is 0 Å². The lowest BCUT2D eigenvalue weighted by atomic mass is 10.2. The molecule has 1 aliphatic rings. The van der Waals surface area contributed by atoms with Crippen molar-refractivity contribution in [1.82, 2.24) is 0 Å². The van der Waals surface area contributed by atoms with Gasteiger partial charge in [-0.1, -0.05) is 6.07 Å². The third-order valence-corrected chi connectivity index (χ3v) is 1.89. The average Bonchev–Trinajstić information content (AvgIpc) is 2.52. The van der Waals surface area contributed by atoms with Crippen LogP contribution in [0.4, 0.5) is 4.39 Å². The lowest BCUT2D eigenvalue weighted by Crippen LogP contribution is -2.01. The van der Waals surface area contributed by atoms with Gasteiger partial charge in [0.1, 0.15) is 5.82 Å². The van der Waals surface area contributed by atoms with Gasteiger partial charge in [-0.3, -0.25) is 4.28 Å². The first kappa shape index (κ1) is 8.18. The fourth-order valence-corrected chi connectivity index (χ4v) is 1.30. The summed E-state index contributed by atoms with van der Waals surface area (Å²) in [5, 5.41) is 3.36. The maximum absolute atomic E-state index is 12.7. The predicted molar refractivity (Wildman–Crippen MR) is 43.2 cm³/mol. The summed E-state index contributed by atoms with van der Waals surface area (Å²) in [6.45, 7) is 0. The molecule has 0 saturated carbocycles. The Labute approximate surface area is 75.8 Å². The second-order valence-electron chi connectivity index (χ2n) is 2.27. The van der Waals surface area contributed by atoms with Gasteiger partial charge in [-0.05, 0) is 23.4 Å². The van der Waals surface area contributed by atoms with Crippen molar-refractivity contribution in [2.75, 3.05) is 0 Å². The lowest BCUT2D eigenvalue weighted by molar-refractivity contribution is 0.371. The van der Waals surface area contributed by atoms with Gasteiger partial charge in [0.15, 0.2) is 0 Å². The van der Waals surface area contributed by atoms with Crippen LogP contribution >= 0.6 is 0 Å². The topological polar surface area (TPSA) is 47.9 Å². The first-order valence-corrected chi connectivity index (χ1v) is 4.37. The number of hydrogen-bond donors (Lipinski definition) is 0. The molecule has 0 saturated heterocycles. The van der Waals surface area contributed by atoms with E-state index in [-0.39, 0.29) is 5.90 Å². The van der Waals surface area contributed by atoms with E-state index >= 15 is 0 Å². The highest BCUT2D eigenvalue weighted by molar-refractivity contribution is 7.75.